The van der Waals surface area contributed by atoms with Crippen molar-refractivity contribution in [1.82, 2.24) is 0 Å². The summed E-state index contributed by atoms with van der Waals surface area (Å²) in [5, 5.41) is 12.0. The Bertz CT molecular complexity index is 628. The maximum atomic E-state index is 15.3. The van der Waals surface area contributed by atoms with Crippen LogP contribution in [-0.4, -0.2) is 18.1 Å². The molecule has 0 saturated carbocycles. The first-order valence-electron chi connectivity index (χ1n) is 5.85. The SMILES string of the molecule is CN1C(=O)[C@](F)(C(O)c2cccs2)c2ccccc21. The highest BCUT2D eigenvalue weighted by atomic mass is 32.1. The van der Waals surface area contributed by atoms with Crippen molar-refractivity contribution >= 4 is 22.9 Å². The number of fused-ring (bicyclic) bond motifs is 1. The minimum Gasteiger partial charge on any atom is -0.383 e. The van der Waals surface area contributed by atoms with Crippen LogP contribution in [0, 0.1) is 0 Å². The first-order chi connectivity index (χ1) is 9.06. The van der Waals surface area contributed by atoms with Crippen LogP contribution >= 0.6 is 11.3 Å². The summed E-state index contributed by atoms with van der Waals surface area (Å²) in [6.07, 6.45) is -1.48. The second-order valence-electron chi connectivity index (χ2n) is 4.51. The normalized spacial score (nSPS) is 23.5. The molecule has 2 aromatic rings. The first-order valence-corrected chi connectivity index (χ1v) is 6.73. The van der Waals surface area contributed by atoms with E-state index in [2.05, 4.69) is 0 Å². The highest BCUT2D eigenvalue weighted by Crippen LogP contribution is 2.49. The van der Waals surface area contributed by atoms with Crippen LogP contribution in [0.15, 0.2) is 41.8 Å². The topological polar surface area (TPSA) is 40.5 Å². The van der Waals surface area contributed by atoms with Crippen molar-refractivity contribution in [3.05, 3.63) is 52.2 Å². The quantitative estimate of drug-likeness (QED) is 0.916. The lowest BCUT2D eigenvalue weighted by Crippen LogP contribution is -2.39. The minimum atomic E-state index is -2.41. The number of likely N-dealkylation sites (N-methyl/N-ethyl adjacent to an activating group) is 1. The van der Waals surface area contributed by atoms with Gasteiger partial charge in [-0.15, -0.1) is 11.3 Å². The fourth-order valence-electron chi connectivity index (χ4n) is 2.45. The van der Waals surface area contributed by atoms with Gasteiger partial charge in [-0.3, -0.25) is 4.79 Å². The number of rotatable bonds is 2. The van der Waals surface area contributed by atoms with Crippen LogP contribution in [0.4, 0.5) is 10.1 Å². The molecule has 1 unspecified atom stereocenters. The molecule has 1 aliphatic rings. The Morgan fingerprint density at radius 3 is 2.74 bits per heavy atom. The summed E-state index contributed by atoms with van der Waals surface area (Å²) in [5.41, 5.74) is -1.68. The summed E-state index contributed by atoms with van der Waals surface area (Å²) in [7, 11) is 1.52. The number of nitrogens with zero attached hydrogens (tertiary/aromatic N) is 1. The number of alkyl halides is 1. The van der Waals surface area contributed by atoms with Gasteiger partial charge in [0.2, 0.25) is 5.67 Å². The smallest absolute Gasteiger partial charge is 0.272 e. The summed E-state index contributed by atoms with van der Waals surface area (Å²) in [5.74, 6) is -0.727. The molecule has 2 atom stereocenters. The average Bonchev–Trinajstić information content (AvgIpc) is 3.03. The number of carbonyl (C=O) groups excluding carboxylic acids is 1. The molecule has 1 aromatic heterocycles. The number of thiophene rings is 1. The third-order valence-electron chi connectivity index (χ3n) is 3.46. The third-order valence-corrected chi connectivity index (χ3v) is 4.39. The van der Waals surface area contributed by atoms with E-state index in [-0.39, 0.29) is 5.56 Å². The van der Waals surface area contributed by atoms with Gasteiger partial charge in [-0.1, -0.05) is 24.3 Å². The van der Waals surface area contributed by atoms with Crippen LogP contribution in [0.1, 0.15) is 16.5 Å². The Hall–Kier alpha value is -1.72. The maximum Gasteiger partial charge on any atom is 0.272 e. The molecule has 98 valence electrons. The molecule has 19 heavy (non-hydrogen) atoms. The maximum absolute atomic E-state index is 15.3. The number of hydrogen-bond donors (Lipinski definition) is 1. The second kappa shape index (κ2) is 4.15. The number of hydrogen-bond acceptors (Lipinski definition) is 3. The number of benzene rings is 1. The Balaban J connectivity index is 2.16. The third kappa shape index (κ3) is 1.55. The summed E-state index contributed by atoms with van der Waals surface area (Å²) in [4.78, 5) is 13.9. The van der Waals surface area contributed by atoms with E-state index < -0.39 is 17.7 Å². The number of para-hydroxylation sites is 1. The van der Waals surface area contributed by atoms with Crippen molar-refractivity contribution in [2.45, 2.75) is 11.8 Å². The number of aliphatic hydroxyl groups excluding tert-OH is 1. The predicted molar refractivity (Wildman–Crippen MR) is 71.9 cm³/mol. The molecular formula is C14H12FNO2S. The summed E-state index contributed by atoms with van der Waals surface area (Å²) in [6.45, 7) is 0. The van der Waals surface area contributed by atoms with Crippen LogP contribution in [-0.2, 0) is 10.5 Å². The lowest BCUT2D eigenvalue weighted by atomic mass is 9.90. The molecule has 0 saturated heterocycles. The van der Waals surface area contributed by atoms with Gasteiger partial charge in [0.25, 0.3) is 5.91 Å². The molecule has 1 N–H and O–H groups in total. The predicted octanol–water partition coefficient (Wildman–Crippen LogP) is 2.62. The van der Waals surface area contributed by atoms with E-state index in [1.807, 2.05) is 0 Å². The van der Waals surface area contributed by atoms with Gasteiger partial charge in [-0.25, -0.2) is 4.39 Å². The second-order valence-corrected chi connectivity index (χ2v) is 5.49. The fourth-order valence-corrected chi connectivity index (χ4v) is 3.21. The Labute approximate surface area is 113 Å². The summed E-state index contributed by atoms with van der Waals surface area (Å²) < 4.78 is 15.3. The van der Waals surface area contributed by atoms with E-state index in [1.54, 1.807) is 41.8 Å². The molecule has 2 heterocycles. The van der Waals surface area contributed by atoms with Gasteiger partial charge in [-0.2, -0.15) is 0 Å². The lowest BCUT2D eigenvalue weighted by Gasteiger charge is -2.24. The highest BCUT2D eigenvalue weighted by Gasteiger charge is 2.56. The molecular weight excluding hydrogens is 265 g/mol. The van der Waals surface area contributed by atoms with Crippen LogP contribution < -0.4 is 4.90 Å². The standard InChI is InChI=1S/C14H12FNO2S/c1-16-10-6-3-2-5-9(10)14(15,13(16)18)12(17)11-7-4-8-19-11/h2-8,12,17H,1H3/t12?,14-/m1/s1. The van der Waals surface area contributed by atoms with Crippen molar-refractivity contribution < 1.29 is 14.3 Å². The van der Waals surface area contributed by atoms with Gasteiger partial charge in [0, 0.05) is 17.5 Å². The Kier molecular flexibility index (Phi) is 2.69. The number of carbonyl (C=O) groups is 1. The fraction of sp³-hybridized carbons (Fsp3) is 0.214. The molecule has 0 aliphatic carbocycles. The molecule has 0 radical (unpaired) electrons. The largest absolute Gasteiger partial charge is 0.383 e. The molecule has 5 heteroatoms. The number of anilines is 1. The average molecular weight is 277 g/mol. The van der Waals surface area contributed by atoms with E-state index in [0.29, 0.717) is 10.6 Å². The van der Waals surface area contributed by atoms with Gasteiger partial charge in [0.05, 0.1) is 5.69 Å². The minimum absolute atomic E-state index is 0.225. The monoisotopic (exact) mass is 277 g/mol. The summed E-state index contributed by atoms with van der Waals surface area (Å²) >= 11 is 1.23. The van der Waals surface area contributed by atoms with Crippen molar-refractivity contribution in [3.63, 3.8) is 0 Å². The molecule has 1 amide bonds. The lowest BCUT2D eigenvalue weighted by molar-refractivity contribution is -0.137. The van der Waals surface area contributed by atoms with E-state index in [9.17, 15) is 9.90 Å². The molecule has 0 bridgehead atoms. The van der Waals surface area contributed by atoms with Crippen LogP contribution in [0.2, 0.25) is 0 Å². The Morgan fingerprint density at radius 1 is 1.32 bits per heavy atom. The van der Waals surface area contributed by atoms with Crippen LogP contribution in [0.3, 0.4) is 0 Å². The van der Waals surface area contributed by atoms with Crippen molar-refractivity contribution in [2.24, 2.45) is 0 Å². The van der Waals surface area contributed by atoms with Gasteiger partial charge < -0.3 is 10.0 Å². The van der Waals surface area contributed by atoms with Gasteiger partial charge in [-0.05, 0) is 17.5 Å². The zero-order chi connectivity index (χ0) is 13.6. The van der Waals surface area contributed by atoms with Gasteiger partial charge in [0.15, 0.2) is 0 Å². The van der Waals surface area contributed by atoms with Crippen molar-refractivity contribution in [1.29, 1.82) is 0 Å². The zero-order valence-corrected chi connectivity index (χ0v) is 11.0. The molecule has 3 nitrogen and oxygen atoms in total. The molecule has 0 spiro atoms. The molecule has 1 aromatic carbocycles. The number of aliphatic hydroxyl groups is 1. The van der Waals surface area contributed by atoms with Crippen molar-refractivity contribution in [2.75, 3.05) is 11.9 Å². The van der Waals surface area contributed by atoms with Crippen LogP contribution in [0.25, 0.3) is 0 Å². The van der Waals surface area contributed by atoms with E-state index >= 15 is 4.39 Å². The molecule has 1 aliphatic heterocycles. The molecule has 3 rings (SSSR count). The summed E-state index contributed by atoms with van der Waals surface area (Å²) in [6, 6.07) is 9.99. The van der Waals surface area contributed by atoms with Gasteiger partial charge in [0.1, 0.15) is 6.10 Å². The zero-order valence-electron chi connectivity index (χ0n) is 10.2. The van der Waals surface area contributed by atoms with E-state index in [1.165, 1.54) is 23.3 Å². The van der Waals surface area contributed by atoms with E-state index in [4.69, 9.17) is 0 Å². The van der Waals surface area contributed by atoms with Gasteiger partial charge >= 0.3 is 0 Å². The van der Waals surface area contributed by atoms with Crippen molar-refractivity contribution in [3.8, 4) is 0 Å². The molecule has 0 fully saturated rings. The number of halogens is 1. The van der Waals surface area contributed by atoms with Crippen LogP contribution in [0.5, 0.6) is 0 Å². The van der Waals surface area contributed by atoms with E-state index in [0.717, 1.165) is 0 Å². The first kappa shape index (κ1) is 12.3. The highest BCUT2D eigenvalue weighted by molar-refractivity contribution is 7.10. The Morgan fingerprint density at radius 2 is 2.05 bits per heavy atom. The number of amides is 1.